The number of urea groups is 1. The van der Waals surface area contributed by atoms with Crippen molar-refractivity contribution in [3.63, 3.8) is 0 Å². The maximum Gasteiger partial charge on any atom is 0.335 e. The minimum atomic E-state index is -0.959. The lowest BCUT2D eigenvalue weighted by Gasteiger charge is -2.38. The van der Waals surface area contributed by atoms with Gasteiger partial charge < -0.3 is 14.9 Å². The molecule has 0 unspecified atom stereocenters. The van der Waals surface area contributed by atoms with E-state index in [1.807, 2.05) is 53.4 Å². The zero-order valence-corrected chi connectivity index (χ0v) is 17.2. The molecule has 0 radical (unpaired) electrons. The van der Waals surface area contributed by atoms with Gasteiger partial charge >= 0.3 is 12.0 Å². The van der Waals surface area contributed by atoms with Crippen LogP contribution in [0.2, 0.25) is 0 Å². The highest BCUT2D eigenvalue weighted by Crippen LogP contribution is 2.21. The topological polar surface area (TPSA) is 64.1 Å². The van der Waals surface area contributed by atoms with E-state index in [1.54, 1.807) is 29.2 Å². The normalized spacial score (nSPS) is 13.7. The summed E-state index contributed by atoms with van der Waals surface area (Å²) < 4.78 is 0. The van der Waals surface area contributed by atoms with Gasteiger partial charge in [-0.1, -0.05) is 48.5 Å². The van der Waals surface area contributed by atoms with E-state index in [0.29, 0.717) is 19.6 Å². The Labute approximate surface area is 181 Å². The molecule has 1 aliphatic rings. The molecule has 3 aromatic carbocycles. The number of hydrogen-bond donors (Lipinski definition) is 1. The van der Waals surface area contributed by atoms with E-state index in [2.05, 4.69) is 17.0 Å². The van der Waals surface area contributed by atoms with Gasteiger partial charge in [-0.15, -0.1) is 0 Å². The van der Waals surface area contributed by atoms with Crippen molar-refractivity contribution in [2.45, 2.75) is 6.54 Å². The molecular weight excluding hydrogens is 390 g/mol. The zero-order valence-electron chi connectivity index (χ0n) is 17.2. The lowest BCUT2D eigenvalue weighted by molar-refractivity contribution is 0.0697. The average Bonchev–Trinajstić information content (AvgIpc) is 2.83. The summed E-state index contributed by atoms with van der Waals surface area (Å²) in [6.45, 7) is 3.24. The summed E-state index contributed by atoms with van der Waals surface area (Å²) in [6, 6.07) is 26.5. The monoisotopic (exact) mass is 415 g/mol. The smallest absolute Gasteiger partial charge is 0.335 e. The summed E-state index contributed by atoms with van der Waals surface area (Å²) in [7, 11) is 0. The van der Waals surface area contributed by atoms with Gasteiger partial charge in [0.15, 0.2) is 0 Å². The van der Waals surface area contributed by atoms with Gasteiger partial charge in [0.1, 0.15) is 0 Å². The number of nitrogens with zero attached hydrogens (tertiary/aromatic N) is 3. The number of carboxylic acid groups (broad SMARTS) is 1. The zero-order chi connectivity index (χ0) is 21.6. The molecule has 3 aromatic rings. The molecule has 0 atom stereocenters. The van der Waals surface area contributed by atoms with Gasteiger partial charge in [-0.05, 0) is 42.0 Å². The fourth-order valence-electron chi connectivity index (χ4n) is 3.78. The number of piperazine rings is 1. The van der Waals surface area contributed by atoms with Crippen LogP contribution in [-0.2, 0) is 6.54 Å². The first-order valence-corrected chi connectivity index (χ1v) is 10.4. The SMILES string of the molecule is O=C(O)c1ccc(CN(C(=O)N2CCN(c3ccccc3)CC2)c2ccccc2)cc1. The predicted molar refractivity (Wildman–Crippen MR) is 122 cm³/mol. The van der Waals surface area contributed by atoms with E-state index >= 15 is 0 Å². The summed E-state index contributed by atoms with van der Waals surface area (Å²) in [4.78, 5) is 30.5. The molecule has 6 heteroatoms. The van der Waals surface area contributed by atoms with Gasteiger partial charge in [0.05, 0.1) is 12.1 Å². The van der Waals surface area contributed by atoms with Crippen LogP contribution in [0.15, 0.2) is 84.9 Å². The first-order valence-electron chi connectivity index (χ1n) is 10.4. The van der Waals surface area contributed by atoms with E-state index in [0.717, 1.165) is 24.3 Å². The largest absolute Gasteiger partial charge is 0.478 e. The van der Waals surface area contributed by atoms with Crippen molar-refractivity contribution < 1.29 is 14.7 Å². The Kier molecular flexibility index (Phi) is 6.17. The quantitative estimate of drug-likeness (QED) is 0.674. The number of hydrogen-bond acceptors (Lipinski definition) is 3. The third kappa shape index (κ3) is 4.86. The predicted octanol–water partition coefficient (Wildman–Crippen LogP) is 4.33. The molecule has 4 rings (SSSR count). The van der Waals surface area contributed by atoms with Crippen LogP contribution in [0.25, 0.3) is 0 Å². The molecule has 0 aliphatic carbocycles. The summed E-state index contributed by atoms with van der Waals surface area (Å²) in [5.74, 6) is -0.959. The van der Waals surface area contributed by atoms with Crippen molar-refractivity contribution in [1.82, 2.24) is 4.90 Å². The molecule has 0 spiro atoms. The van der Waals surface area contributed by atoms with E-state index in [-0.39, 0.29) is 11.6 Å². The van der Waals surface area contributed by atoms with Crippen molar-refractivity contribution in [3.8, 4) is 0 Å². The lowest BCUT2D eigenvalue weighted by atomic mass is 10.1. The number of para-hydroxylation sites is 2. The van der Waals surface area contributed by atoms with Crippen LogP contribution in [0.3, 0.4) is 0 Å². The fraction of sp³-hybridized carbons (Fsp3) is 0.200. The molecule has 0 saturated carbocycles. The molecule has 1 saturated heterocycles. The van der Waals surface area contributed by atoms with Gasteiger partial charge in [0, 0.05) is 37.6 Å². The molecule has 1 N–H and O–H groups in total. The Bertz CT molecular complexity index is 1010. The number of carboxylic acids is 1. The number of rotatable bonds is 5. The van der Waals surface area contributed by atoms with Crippen LogP contribution in [0.1, 0.15) is 15.9 Å². The molecule has 158 valence electrons. The fourth-order valence-corrected chi connectivity index (χ4v) is 3.78. The molecule has 6 nitrogen and oxygen atoms in total. The van der Waals surface area contributed by atoms with Crippen LogP contribution in [0.5, 0.6) is 0 Å². The minimum absolute atomic E-state index is 0.0405. The van der Waals surface area contributed by atoms with Gasteiger partial charge in [0.25, 0.3) is 0 Å². The van der Waals surface area contributed by atoms with Gasteiger partial charge in [-0.25, -0.2) is 9.59 Å². The molecule has 0 bridgehead atoms. The number of benzene rings is 3. The molecular formula is C25H25N3O3. The number of anilines is 2. The van der Waals surface area contributed by atoms with Crippen molar-refractivity contribution in [2.24, 2.45) is 0 Å². The average molecular weight is 415 g/mol. The molecule has 1 aliphatic heterocycles. The van der Waals surface area contributed by atoms with Crippen molar-refractivity contribution in [3.05, 3.63) is 96.1 Å². The first kappa shape index (κ1) is 20.5. The van der Waals surface area contributed by atoms with Crippen LogP contribution >= 0.6 is 0 Å². The summed E-state index contributed by atoms with van der Waals surface area (Å²) >= 11 is 0. The second-order valence-corrected chi connectivity index (χ2v) is 7.52. The summed E-state index contributed by atoms with van der Waals surface area (Å²) in [5.41, 5.74) is 3.11. The van der Waals surface area contributed by atoms with Crippen LogP contribution in [0.4, 0.5) is 16.2 Å². The molecule has 2 amide bonds. The van der Waals surface area contributed by atoms with E-state index < -0.39 is 5.97 Å². The summed E-state index contributed by atoms with van der Waals surface area (Å²) in [6.07, 6.45) is 0. The molecule has 31 heavy (non-hydrogen) atoms. The molecule has 0 aromatic heterocycles. The Morgan fingerprint density at radius 1 is 0.774 bits per heavy atom. The Morgan fingerprint density at radius 2 is 1.35 bits per heavy atom. The Morgan fingerprint density at radius 3 is 1.94 bits per heavy atom. The molecule has 1 fully saturated rings. The third-order valence-corrected chi connectivity index (χ3v) is 5.51. The second-order valence-electron chi connectivity index (χ2n) is 7.52. The number of amides is 2. The highest BCUT2D eigenvalue weighted by molar-refractivity contribution is 5.92. The Balaban J connectivity index is 1.49. The number of aromatic carboxylic acids is 1. The van der Waals surface area contributed by atoms with Crippen LogP contribution in [-0.4, -0.2) is 48.2 Å². The Hall–Kier alpha value is -3.80. The van der Waals surface area contributed by atoms with Crippen LogP contribution < -0.4 is 9.80 Å². The maximum atomic E-state index is 13.5. The third-order valence-electron chi connectivity index (χ3n) is 5.51. The van der Waals surface area contributed by atoms with E-state index in [4.69, 9.17) is 5.11 Å². The number of carbonyl (C=O) groups is 2. The van der Waals surface area contributed by atoms with Gasteiger partial charge in [-0.3, -0.25) is 4.90 Å². The summed E-state index contributed by atoms with van der Waals surface area (Å²) in [5, 5.41) is 9.12. The van der Waals surface area contributed by atoms with Crippen molar-refractivity contribution >= 4 is 23.4 Å². The standard InChI is InChI=1S/C25H25N3O3/c29-24(30)21-13-11-20(12-14-21)19-28(23-9-5-2-6-10-23)25(31)27-17-15-26(16-18-27)22-7-3-1-4-8-22/h1-14H,15-19H2,(H,29,30). The van der Waals surface area contributed by atoms with Crippen molar-refractivity contribution in [2.75, 3.05) is 36.0 Å². The van der Waals surface area contributed by atoms with Gasteiger partial charge in [0.2, 0.25) is 0 Å². The van der Waals surface area contributed by atoms with Crippen molar-refractivity contribution in [1.29, 1.82) is 0 Å². The van der Waals surface area contributed by atoms with E-state index in [9.17, 15) is 9.59 Å². The maximum absolute atomic E-state index is 13.5. The minimum Gasteiger partial charge on any atom is -0.478 e. The lowest BCUT2D eigenvalue weighted by Crippen LogP contribution is -2.53. The number of carbonyl (C=O) groups excluding carboxylic acids is 1. The second kappa shape index (κ2) is 9.34. The van der Waals surface area contributed by atoms with E-state index in [1.165, 1.54) is 5.69 Å². The highest BCUT2D eigenvalue weighted by Gasteiger charge is 2.26. The highest BCUT2D eigenvalue weighted by atomic mass is 16.4. The molecule has 1 heterocycles. The van der Waals surface area contributed by atoms with Crippen LogP contribution in [0, 0.1) is 0 Å². The first-order chi connectivity index (χ1) is 15.1. The van der Waals surface area contributed by atoms with Gasteiger partial charge in [-0.2, -0.15) is 0 Å².